The summed E-state index contributed by atoms with van der Waals surface area (Å²) in [4.78, 5) is 28.2. The molecular weight excluding hydrogens is 376 g/mol. The van der Waals surface area contributed by atoms with Crippen molar-refractivity contribution < 1.29 is 4.79 Å². The van der Waals surface area contributed by atoms with Crippen LogP contribution in [0.2, 0.25) is 0 Å². The minimum Gasteiger partial charge on any atom is -0.368 e. The summed E-state index contributed by atoms with van der Waals surface area (Å²) in [7, 11) is 2.14. The number of hydrogen-bond acceptors (Lipinski definition) is 6. The topological polar surface area (TPSA) is 78.6 Å². The smallest absolute Gasteiger partial charge is 0.223 e. The highest BCUT2D eigenvalue weighted by molar-refractivity contribution is 5.77. The van der Waals surface area contributed by atoms with Crippen molar-refractivity contribution in [1.29, 1.82) is 0 Å². The molecule has 0 unspecified atom stereocenters. The number of nitrogen functional groups attached to an aromatic ring is 1. The summed E-state index contributed by atoms with van der Waals surface area (Å²) in [5.41, 5.74) is 10.5. The van der Waals surface area contributed by atoms with Gasteiger partial charge in [-0.3, -0.25) is 4.79 Å². The van der Waals surface area contributed by atoms with Gasteiger partial charge in [-0.25, -0.2) is 4.98 Å². The van der Waals surface area contributed by atoms with Crippen LogP contribution in [0.3, 0.4) is 0 Å². The largest absolute Gasteiger partial charge is 0.368 e. The first-order valence-corrected chi connectivity index (χ1v) is 11.0. The van der Waals surface area contributed by atoms with Crippen LogP contribution in [0.4, 0.5) is 11.8 Å². The molecule has 0 bridgehead atoms. The molecule has 7 heteroatoms. The van der Waals surface area contributed by atoms with E-state index in [1.54, 1.807) is 0 Å². The fourth-order valence-corrected chi connectivity index (χ4v) is 4.43. The van der Waals surface area contributed by atoms with Crippen molar-refractivity contribution in [2.75, 3.05) is 50.4 Å². The molecule has 1 amide bonds. The van der Waals surface area contributed by atoms with Crippen molar-refractivity contribution in [3.8, 4) is 11.3 Å². The van der Waals surface area contributed by atoms with Gasteiger partial charge in [-0.2, -0.15) is 4.98 Å². The van der Waals surface area contributed by atoms with Gasteiger partial charge in [0.15, 0.2) is 0 Å². The zero-order chi connectivity index (χ0) is 20.7. The fraction of sp³-hybridized carbons (Fsp3) is 0.522. The maximum absolute atomic E-state index is 12.6. The Bertz CT molecular complexity index is 949. The van der Waals surface area contributed by atoms with Gasteiger partial charge in [0, 0.05) is 57.3 Å². The second kappa shape index (κ2) is 7.87. The summed E-state index contributed by atoms with van der Waals surface area (Å²) in [6, 6.07) is 8.53. The number of aromatic nitrogens is 2. The van der Waals surface area contributed by atoms with Crippen LogP contribution in [-0.4, -0.2) is 65.4 Å². The first-order valence-electron chi connectivity index (χ1n) is 11.0. The van der Waals surface area contributed by atoms with Gasteiger partial charge >= 0.3 is 0 Å². The molecule has 3 heterocycles. The molecule has 2 fully saturated rings. The molecule has 30 heavy (non-hydrogen) atoms. The number of rotatable bonds is 4. The van der Waals surface area contributed by atoms with Gasteiger partial charge in [-0.15, -0.1) is 0 Å². The third kappa shape index (κ3) is 4.12. The molecular formula is C23H30N6O. The Morgan fingerprint density at radius 3 is 2.63 bits per heavy atom. The average Bonchev–Trinajstić information content (AvgIpc) is 3.57. The number of anilines is 2. The fourth-order valence-electron chi connectivity index (χ4n) is 4.43. The van der Waals surface area contributed by atoms with Crippen LogP contribution in [0.1, 0.15) is 30.4 Å². The Labute approximate surface area is 177 Å². The number of hydrogen-bond donors (Lipinski definition) is 1. The molecule has 3 aliphatic rings. The molecule has 2 aromatic rings. The summed E-state index contributed by atoms with van der Waals surface area (Å²) in [5, 5.41) is 0. The molecule has 1 saturated carbocycles. The Hall–Kier alpha value is -2.67. The molecule has 5 rings (SSSR count). The van der Waals surface area contributed by atoms with Crippen LogP contribution < -0.4 is 10.6 Å². The number of carbonyl (C=O) groups is 1. The van der Waals surface area contributed by atoms with Gasteiger partial charge in [0.1, 0.15) is 5.82 Å². The summed E-state index contributed by atoms with van der Waals surface area (Å²) < 4.78 is 0. The Kier molecular flexibility index (Phi) is 5.06. The van der Waals surface area contributed by atoms with E-state index in [1.807, 2.05) is 11.0 Å². The Balaban J connectivity index is 1.38. The Morgan fingerprint density at radius 1 is 1.07 bits per heavy atom. The number of fused-ring (bicyclic) bond motifs is 1. The molecule has 7 nitrogen and oxygen atoms in total. The maximum atomic E-state index is 12.6. The molecule has 158 valence electrons. The molecule has 1 aromatic heterocycles. The highest BCUT2D eigenvalue weighted by Crippen LogP contribution is 2.34. The van der Waals surface area contributed by atoms with Gasteiger partial charge < -0.3 is 20.4 Å². The number of benzene rings is 1. The molecule has 1 aromatic carbocycles. The number of nitrogens with two attached hydrogens (primary N) is 1. The van der Waals surface area contributed by atoms with Crippen molar-refractivity contribution >= 4 is 17.7 Å². The van der Waals surface area contributed by atoms with Crippen LogP contribution in [0.15, 0.2) is 24.3 Å². The van der Waals surface area contributed by atoms with Gasteiger partial charge in [-0.1, -0.05) is 12.1 Å². The lowest BCUT2D eigenvalue weighted by Crippen LogP contribution is -2.44. The first kappa shape index (κ1) is 19.3. The number of likely N-dealkylation sites (N-methyl/N-ethyl adjacent to an activating group) is 1. The summed E-state index contributed by atoms with van der Waals surface area (Å²) in [5.74, 6) is 2.13. The van der Waals surface area contributed by atoms with E-state index >= 15 is 0 Å². The molecule has 0 spiro atoms. The zero-order valence-corrected chi connectivity index (χ0v) is 17.7. The van der Waals surface area contributed by atoms with Crippen LogP contribution in [0, 0.1) is 5.92 Å². The second-order valence-corrected chi connectivity index (χ2v) is 8.96. The van der Waals surface area contributed by atoms with Crippen molar-refractivity contribution in [2.45, 2.75) is 32.2 Å². The monoisotopic (exact) mass is 406 g/mol. The van der Waals surface area contributed by atoms with Gasteiger partial charge in [-0.05, 0) is 49.4 Å². The number of piperazine rings is 1. The lowest BCUT2D eigenvalue weighted by atomic mass is 9.96. The third-order valence-electron chi connectivity index (χ3n) is 6.58. The predicted molar refractivity (Wildman–Crippen MR) is 118 cm³/mol. The van der Waals surface area contributed by atoms with E-state index in [0.29, 0.717) is 30.7 Å². The van der Waals surface area contributed by atoms with Crippen molar-refractivity contribution in [3.05, 3.63) is 35.4 Å². The van der Waals surface area contributed by atoms with Gasteiger partial charge in [0.2, 0.25) is 11.9 Å². The molecule has 0 radical (unpaired) electrons. The standard InChI is InChI=1S/C23H30N6O/c1-27-8-10-28(11-9-27)21-14-20(25-23(24)26-21)18-5-4-17-6-7-29(15-19(17)13-18)22(30)12-16-2-3-16/h4-5,13-14,16H,2-3,6-12,15H2,1H3,(H2,24,25,26). The molecule has 1 aliphatic carbocycles. The Morgan fingerprint density at radius 2 is 1.87 bits per heavy atom. The minimum atomic E-state index is 0.303. The summed E-state index contributed by atoms with van der Waals surface area (Å²) >= 11 is 0. The molecule has 1 saturated heterocycles. The number of nitrogens with zero attached hydrogens (tertiary/aromatic N) is 5. The van der Waals surface area contributed by atoms with Crippen LogP contribution in [0.5, 0.6) is 0 Å². The highest BCUT2D eigenvalue weighted by atomic mass is 16.2. The van der Waals surface area contributed by atoms with Crippen molar-refractivity contribution in [3.63, 3.8) is 0 Å². The molecule has 0 atom stereocenters. The van der Waals surface area contributed by atoms with Crippen molar-refractivity contribution in [2.24, 2.45) is 5.92 Å². The summed E-state index contributed by atoms with van der Waals surface area (Å²) in [6.45, 7) is 5.43. The minimum absolute atomic E-state index is 0.303. The van der Waals surface area contributed by atoms with E-state index < -0.39 is 0 Å². The van der Waals surface area contributed by atoms with Gasteiger partial charge in [0.05, 0.1) is 5.69 Å². The maximum Gasteiger partial charge on any atom is 0.223 e. The predicted octanol–water partition coefficient (Wildman–Crippen LogP) is 2.16. The summed E-state index contributed by atoms with van der Waals surface area (Å²) in [6.07, 6.45) is 4.06. The molecule has 2 aliphatic heterocycles. The van der Waals surface area contributed by atoms with Crippen LogP contribution >= 0.6 is 0 Å². The van der Waals surface area contributed by atoms with E-state index in [4.69, 9.17) is 5.73 Å². The van der Waals surface area contributed by atoms with E-state index in [2.05, 4.69) is 45.0 Å². The molecule has 2 N–H and O–H groups in total. The van der Waals surface area contributed by atoms with E-state index in [9.17, 15) is 4.79 Å². The van der Waals surface area contributed by atoms with E-state index in [0.717, 1.165) is 56.2 Å². The zero-order valence-electron chi connectivity index (χ0n) is 17.7. The van der Waals surface area contributed by atoms with Crippen molar-refractivity contribution in [1.82, 2.24) is 19.8 Å². The van der Waals surface area contributed by atoms with E-state index in [-0.39, 0.29) is 0 Å². The lowest BCUT2D eigenvalue weighted by molar-refractivity contribution is -0.132. The second-order valence-electron chi connectivity index (χ2n) is 8.96. The average molecular weight is 407 g/mol. The number of carbonyl (C=O) groups excluding carboxylic acids is 1. The highest BCUT2D eigenvalue weighted by Gasteiger charge is 2.28. The van der Waals surface area contributed by atoms with Crippen LogP contribution in [-0.2, 0) is 17.8 Å². The normalized spacial score (nSPS) is 19.6. The SMILES string of the molecule is CN1CCN(c2cc(-c3ccc4c(c3)CN(C(=O)CC3CC3)CC4)nc(N)n2)CC1. The first-order chi connectivity index (χ1) is 14.5. The van der Waals surface area contributed by atoms with Gasteiger partial charge in [0.25, 0.3) is 0 Å². The lowest BCUT2D eigenvalue weighted by Gasteiger charge is -2.33. The van der Waals surface area contributed by atoms with E-state index in [1.165, 1.54) is 24.0 Å². The third-order valence-corrected chi connectivity index (χ3v) is 6.58. The van der Waals surface area contributed by atoms with Crippen LogP contribution in [0.25, 0.3) is 11.3 Å². The quantitative estimate of drug-likeness (QED) is 0.838. The number of amides is 1.